The second-order valence-corrected chi connectivity index (χ2v) is 5.88. The van der Waals surface area contributed by atoms with E-state index in [0.717, 1.165) is 0 Å². The van der Waals surface area contributed by atoms with Crippen molar-refractivity contribution in [2.24, 2.45) is 10.2 Å². The molecule has 0 spiro atoms. The molecule has 0 aliphatic heterocycles. The Morgan fingerprint density at radius 2 is 0.933 bits per heavy atom. The standard InChI is InChI=1S/C14H26N4O12/c19-3-7(23)11(27)9(25)5(21)1-15-17-13(29)14(30)18-16-2-6(22)10(26)12(28)8(24)4-20/h1-2,5-12,19-28H,3-4H2,(H,17,29)(H,18,30). The zero-order valence-corrected chi connectivity index (χ0v) is 15.4. The lowest BCUT2D eigenvalue weighted by Gasteiger charge is -2.23. The summed E-state index contributed by atoms with van der Waals surface area (Å²) in [5.74, 6) is -2.85. The summed E-state index contributed by atoms with van der Waals surface area (Å²) in [4.78, 5) is 22.9. The number of aliphatic hydroxyl groups is 10. The van der Waals surface area contributed by atoms with Gasteiger partial charge >= 0.3 is 11.8 Å². The normalized spacial score (nSPS) is 20.2. The molecule has 30 heavy (non-hydrogen) atoms. The zero-order chi connectivity index (χ0) is 23.4. The summed E-state index contributed by atoms with van der Waals surface area (Å²) in [5.41, 5.74) is 3.24. The Bertz CT molecular complexity index is 541. The van der Waals surface area contributed by atoms with Crippen LogP contribution >= 0.6 is 0 Å². The average Bonchev–Trinajstić information content (AvgIpc) is 2.74. The van der Waals surface area contributed by atoms with Gasteiger partial charge in [-0.25, -0.2) is 10.9 Å². The minimum absolute atomic E-state index is 0.514. The van der Waals surface area contributed by atoms with E-state index in [1.807, 2.05) is 0 Å². The van der Waals surface area contributed by atoms with Crippen molar-refractivity contribution in [2.75, 3.05) is 13.2 Å². The maximum atomic E-state index is 11.4. The van der Waals surface area contributed by atoms with Gasteiger partial charge in [-0.15, -0.1) is 0 Å². The van der Waals surface area contributed by atoms with E-state index >= 15 is 0 Å². The maximum Gasteiger partial charge on any atom is 0.331 e. The van der Waals surface area contributed by atoms with Crippen molar-refractivity contribution in [2.45, 2.75) is 48.8 Å². The van der Waals surface area contributed by atoms with Crippen LogP contribution in [0.25, 0.3) is 0 Å². The molecule has 8 unspecified atom stereocenters. The Labute approximate surface area is 169 Å². The molecule has 0 aromatic rings. The lowest BCUT2D eigenvalue weighted by Crippen LogP contribution is -2.47. The third-order valence-electron chi connectivity index (χ3n) is 3.56. The average molecular weight is 442 g/mol. The number of carbonyl (C=O) groups is 2. The van der Waals surface area contributed by atoms with Gasteiger partial charge in [0.05, 0.1) is 25.6 Å². The van der Waals surface area contributed by atoms with Crippen LogP contribution < -0.4 is 10.9 Å². The van der Waals surface area contributed by atoms with Crippen LogP contribution in [0.4, 0.5) is 0 Å². The van der Waals surface area contributed by atoms with Crippen LogP contribution in [0.1, 0.15) is 0 Å². The van der Waals surface area contributed by atoms with Crippen LogP contribution in [0.3, 0.4) is 0 Å². The van der Waals surface area contributed by atoms with E-state index in [1.165, 1.54) is 0 Å². The van der Waals surface area contributed by atoms with Gasteiger partial charge in [-0.3, -0.25) is 9.59 Å². The zero-order valence-electron chi connectivity index (χ0n) is 15.4. The summed E-state index contributed by atoms with van der Waals surface area (Å²) in [7, 11) is 0. The van der Waals surface area contributed by atoms with Gasteiger partial charge in [0.15, 0.2) is 0 Å². The molecule has 0 aromatic heterocycles. The molecule has 0 rings (SSSR count). The van der Waals surface area contributed by atoms with E-state index in [4.69, 9.17) is 20.4 Å². The predicted octanol–water partition coefficient (Wildman–Crippen LogP) is -7.94. The molecule has 0 saturated heterocycles. The number of carbonyl (C=O) groups excluding carboxylic acids is 2. The SMILES string of the molecule is O=C(NN=CC(O)C(O)C(O)C(O)CO)C(=O)NN=CC(O)C(O)C(O)C(O)CO. The quantitative estimate of drug-likeness (QED) is 0.0762. The number of nitrogens with zero attached hydrogens (tertiary/aromatic N) is 2. The van der Waals surface area contributed by atoms with Crippen molar-refractivity contribution in [3.05, 3.63) is 0 Å². The molecule has 16 nitrogen and oxygen atoms in total. The third kappa shape index (κ3) is 9.13. The van der Waals surface area contributed by atoms with Gasteiger partial charge < -0.3 is 51.1 Å². The summed E-state index contributed by atoms with van der Waals surface area (Å²) in [6.45, 7) is -1.79. The summed E-state index contributed by atoms with van der Waals surface area (Å²) < 4.78 is 0. The van der Waals surface area contributed by atoms with Crippen molar-refractivity contribution < 1.29 is 60.7 Å². The van der Waals surface area contributed by atoms with Gasteiger partial charge in [-0.05, 0) is 0 Å². The number of rotatable bonds is 12. The van der Waals surface area contributed by atoms with Crippen LogP contribution in [0.2, 0.25) is 0 Å². The fraction of sp³-hybridized carbons (Fsp3) is 0.714. The Hall–Kier alpha value is -2.12. The molecule has 8 atom stereocenters. The first-order valence-electron chi connectivity index (χ1n) is 8.30. The highest BCUT2D eigenvalue weighted by atomic mass is 16.4. The summed E-state index contributed by atoms with van der Waals surface area (Å²) in [6.07, 6.45) is -14.0. The van der Waals surface area contributed by atoms with Crippen LogP contribution in [0.5, 0.6) is 0 Å². The second-order valence-electron chi connectivity index (χ2n) is 5.88. The van der Waals surface area contributed by atoms with Gasteiger partial charge in [0.2, 0.25) is 0 Å². The highest BCUT2D eigenvalue weighted by molar-refractivity contribution is 6.35. The second kappa shape index (κ2) is 14.0. The molecular formula is C14H26N4O12. The minimum Gasteiger partial charge on any atom is -0.394 e. The van der Waals surface area contributed by atoms with Crippen molar-refractivity contribution in [1.82, 2.24) is 10.9 Å². The molecule has 16 heteroatoms. The molecule has 0 aliphatic rings. The summed E-state index contributed by atoms with van der Waals surface area (Å²) >= 11 is 0. The van der Waals surface area contributed by atoms with E-state index in [1.54, 1.807) is 10.9 Å². The fourth-order valence-electron chi connectivity index (χ4n) is 1.70. The Balaban J connectivity index is 4.53. The van der Waals surface area contributed by atoms with Gasteiger partial charge in [0.25, 0.3) is 0 Å². The maximum absolute atomic E-state index is 11.4. The molecule has 12 N–H and O–H groups in total. The third-order valence-corrected chi connectivity index (χ3v) is 3.56. The number of hydrazone groups is 2. The van der Waals surface area contributed by atoms with Crippen molar-refractivity contribution >= 4 is 24.2 Å². The molecule has 0 bridgehead atoms. The van der Waals surface area contributed by atoms with Crippen LogP contribution in [-0.4, -0.2) is 137 Å². The first-order chi connectivity index (χ1) is 14.0. The lowest BCUT2D eigenvalue weighted by atomic mass is 10.0. The van der Waals surface area contributed by atoms with Gasteiger partial charge in [-0.1, -0.05) is 0 Å². The number of amides is 2. The molecule has 0 aromatic carbocycles. The van der Waals surface area contributed by atoms with Gasteiger partial charge in [0, 0.05) is 0 Å². The Morgan fingerprint density at radius 1 is 0.633 bits per heavy atom. The number of aliphatic hydroxyl groups excluding tert-OH is 10. The topological polar surface area (TPSA) is 285 Å². The molecule has 2 amide bonds. The van der Waals surface area contributed by atoms with Crippen LogP contribution in [0, 0.1) is 0 Å². The summed E-state index contributed by atoms with van der Waals surface area (Å²) in [6, 6.07) is 0. The van der Waals surface area contributed by atoms with E-state index in [2.05, 4.69) is 10.2 Å². The number of nitrogens with one attached hydrogen (secondary N) is 2. The van der Waals surface area contributed by atoms with Crippen molar-refractivity contribution in [3.63, 3.8) is 0 Å². The number of hydrogen-bond donors (Lipinski definition) is 12. The molecular weight excluding hydrogens is 416 g/mol. The Kier molecular flexibility index (Phi) is 13.0. The first kappa shape index (κ1) is 27.9. The minimum atomic E-state index is -1.97. The monoisotopic (exact) mass is 442 g/mol. The number of hydrogen-bond acceptors (Lipinski definition) is 14. The first-order valence-corrected chi connectivity index (χ1v) is 8.30. The molecule has 0 aliphatic carbocycles. The van der Waals surface area contributed by atoms with Gasteiger partial charge in [0.1, 0.15) is 48.8 Å². The van der Waals surface area contributed by atoms with E-state index in [-0.39, 0.29) is 0 Å². The molecule has 0 saturated carbocycles. The largest absolute Gasteiger partial charge is 0.394 e. The molecule has 174 valence electrons. The van der Waals surface area contributed by atoms with E-state index in [0.29, 0.717) is 12.4 Å². The highest BCUT2D eigenvalue weighted by Gasteiger charge is 2.30. The predicted molar refractivity (Wildman–Crippen MR) is 95.5 cm³/mol. The molecule has 0 radical (unpaired) electrons. The lowest BCUT2D eigenvalue weighted by molar-refractivity contribution is -0.139. The van der Waals surface area contributed by atoms with Crippen LogP contribution in [0.15, 0.2) is 10.2 Å². The van der Waals surface area contributed by atoms with Crippen LogP contribution in [-0.2, 0) is 9.59 Å². The van der Waals surface area contributed by atoms with E-state index in [9.17, 15) is 40.2 Å². The molecule has 0 heterocycles. The van der Waals surface area contributed by atoms with E-state index < -0.39 is 73.9 Å². The smallest absolute Gasteiger partial charge is 0.331 e. The van der Waals surface area contributed by atoms with Crippen molar-refractivity contribution in [1.29, 1.82) is 0 Å². The van der Waals surface area contributed by atoms with Gasteiger partial charge in [-0.2, -0.15) is 10.2 Å². The molecule has 0 fully saturated rings. The van der Waals surface area contributed by atoms with Crippen molar-refractivity contribution in [3.8, 4) is 0 Å². The fourth-order valence-corrected chi connectivity index (χ4v) is 1.70. The highest BCUT2D eigenvalue weighted by Crippen LogP contribution is 2.04. The Morgan fingerprint density at radius 3 is 1.20 bits per heavy atom. The summed E-state index contributed by atoms with van der Waals surface area (Å²) in [5, 5.41) is 98.6.